The summed E-state index contributed by atoms with van der Waals surface area (Å²) in [5.41, 5.74) is 3.98. The van der Waals surface area contributed by atoms with Crippen molar-refractivity contribution in [3.63, 3.8) is 0 Å². The molecule has 3 rings (SSSR count). The number of benzene rings is 1. The smallest absolute Gasteiger partial charge is 0.255 e. The van der Waals surface area contributed by atoms with E-state index in [0.717, 1.165) is 29.0 Å². The molecule has 21 heavy (non-hydrogen) atoms. The molecule has 1 aromatic heterocycles. The van der Waals surface area contributed by atoms with Crippen LogP contribution in [0.2, 0.25) is 0 Å². The molecule has 0 saturated carbocycles. The van der Waals surface area contributed by atoms with Crippen LogP contribution in [0, 0.1) is 0 Å². The van der Waals surface area contributed by atoms with Crippen LogP contribution in [0.5, 0.6) is 0 Å². The quantitative estimate of drug-likeness (QED) is 0.839. The van der Waals surface area contributed by atoms with E-state index in [1.165, 1.54) is 5.56 Å². The highest BCUT2D eigenvalue weighted by Crippen LogP contribution is 2.23. The Morgan fingerprint density at radius 3 is 2.67 bits per heavy atom. The van der Waals surface area contributed by atoms with E-state index in [-0.39, 0.29) is 5.91 Å². The Morgan fingerprint density at radius 1 is 1.19 bits per heavy atom. The summed E-state index contributed by atoms with van der Waals surface area (Å²) in [5.74, 6) is -0.0314. The fourth-order valence-corrected chi connectivity index (χ4v) is 3.05. The lowest BCUT2D eigenvalue weighted by Gasteiger charge is -2.04. The summed E-state index contributed by atoms with van der Waals surface area (Å²) in [4.78, 5) is 13.1. The van der Waals surface area contributed by atoms with Gasteiger partial charge in [0.2, 0.25) is 0 Å². The van der Waals surface area contributed by atoms with Gasteiger partial charge in [-0.1, -0.05) is 43.7 Å². The van der Waals surface area contributed by atoms with Crippen molar-refractivity contribution in [2.24, 2.45) is 0 Å². The van der Waals surface area contributed by atoms with Crippen LogP contribution < -0.4 is 5.32 Å². The summed E-state index contributed by atoms with van der Waals surface area (Å²) in [6.45, 7) is 2.18. The van der Waals surface area contributed by atoms with E-state index in [1.54, 1.807) is 11.3 Å². The number of aryl methyl sites for hydroxylation is 1. The molecule has 0 unspecified atom stereocenters. The first kappa shape index (κ1) is 13.8. The van der Waals surface area contributed by atoms with E-state index in [4.69, 9.17) is 0 Å². The third-order valence-corrected chi connectivity index (χ3v) is 4.27. The summed E-state index contributed by atoms with van der Waals surface area (Å²) < 4.78 is 0. The van der Waals surface area contributed by atoms with Gasteiger partial charge in [-0.25, -0.2) is 0 Å². The van der Waals surface area contributed by atoms with Crippen LogP contribution in [-0.2, 0) is 11.2 Å². The van der Waals surface area contributed by atoms with Crippen LogP contribution in [0.1, 0.15) is 29.3 Å². The van der Waals surface area contributed by atoms with Crippen molar-refractivity contribution in [3.05, 3.63) is 69.4 Å². The number of thiophene rings is 1. The zero-order chi connectivity index (χ0) is 14.7. The van der Waals surface area contributed by atoms with E-state index in [0.29, 0.717) is 5.57 Å². The topological polar surface area (TPSA) is 29.1 Å². The molecule has 3 heteroatoms. The monoisotopic (exact) mass is 295 g/mol. The average Bonchev–Trinajstić information content (AvgIpc) is 3.11. The third kappa shape index (κ3) is 3.14. The maximum absolute atomic E-state index is 12.0. The molecule has 2 nitrogen and oxygen atoms in total. The molecule has 1 amide bonds. The number of carbonyl (C=O) groups is 1. The Kier molecular flexibility index (Phi) is 4.02. The molecule has 0 bridgehead atoms. The minimum absolute atomic E-state index is 0.0314. The summed E-state index contributed by atoms with van der Waals surface area (Å²) >= 11 is 1.63. The lowest BCUT2D eigenvalue weighted by molar-refractivity contribution is -0.115. The Balaban J connectivity index is 1.84. The zero-order valence-corrected chi connectivity index (χ0v) is 12.7. The molecule has 0 fully saturated rings. The fraction of sp³-hybridized carbons (Fsp3) is 0.167. The van der Waals surface area contributed by atoms with E-state index < -0.39 is 0 Å². The van der Waals surface area contributed by atoms with Gasteiger partial charge >= 0.3 is 0 Å². The fourth-order valence-electron chi connectivity index (χ4n) is 2.38. The SMILES string of the molecule is CCCc1ccc(C2=CC(=Cc3cccs3)C(=O)N2)cc1. The number of amides is 1. The molecule has 1 aliphatic rings. The molecular formula is C18H17NOS. The lowest BCUT2D eigenvalue weighted by Crippen LogP contribution is -2.15. The van der Waals surface area contributed by atoms with E-state index in [1.807, 2.05) is 29.7 Å². The van der Waals surface area contributed by atoms with Crippen molar-refractivity contribution in [1.29, 1.82) is 0 Å². The number of carbonyl (C=O) groups excluding carboxylic acids is 1. The number of hydrogen-bond acceptors (Lipinski definition) is 2. The van der Waals surface area contributed by atoms with E-state index in [9.17, 15) is 4.79 Å². The van der Waals surface area contributed by atoms with Gasteiger partial charge in [0, 0.05) is 16.1 Å². The molecule has 1 aromatic carbocycles. The molecular weight excluding hydrogens is 278 g/mol. The first-order valence-corrected chi connectivity index (χ1v) is 8.02. The van der Waals surface area contributed by atoms with Crippen LogP contribution >= 0.6 is 11.3 Å². The molecule has 0 aliphatic carbocycles. The van der Waals surface area contributed by atoms with Gasteiger partial charge in [0.1, 0.15) is 0 Å². The second kappa shape index (κ2) is 6.10. The first-order valence-electron chi connectivity index (χ1n) is 7.14. The second-order valence-corrected chi connectivity index (χ2v) is 6.05. The van der Waals surface area contributed by atoms with Gasteiger partial charge in [0.05, 0.1) is 0 Å². The third-order valence-electron chi connectivity index (χ3n) is 3.45. The lowest BCUT2D eigenvalue weighted by atomic mass is 10.1. The highest BCUT2D eigenvalue weighted by Gasteiger charge is 2.18. The van der Waals surface area contributed by atoms with Crippen LogP contribution in [-0.4, -0.2) is 5.91 Å². The van der Waals surface area contributed by atoms with Crippen molar-refractivity contribution >= 4 is 29.0 Å². The molecule has 1 N–H and O–H groups in total. The summed E-state index contributed by atoms with van der Waals surface area (Å²) in [6, 6.07) is 12.4. The Morgan fingerprint density at radius 2 is 2.00 bits per heavy atom. The van der Waals surface area contributed by atoms with Crippen molar-refractivity contribution in [2.75, 3.05) is 0 Å². The second-order valence-electron chi connectivity index (χ2n) is 5.07. The average molecular weight is 295 g/mol. The molecule has 2 aromatic rings. The van der Waals surface area contributed by atoms with Crippen molar-refractivity contribution < 1.29 is 4.79 Å². The number of hydrogen-bond donors (Lipinski definition) is 1. The Labute approximate surface area is 128 Å². The van der Waals surface area contributed by atoms with Crippen LogP contribution in [0.3, 0.4) is 0 Å². The molecule has 1 aliphatic heterocycles. The van der Waals surface area contributed by atoms with Crippen LogP contribution in [0.15, 0.2) is 53.4 Å². The van der Waals surface area contributed by atoms with Gasteiger partial charge in [-0.15, -0.1) is 11.3 Å². The van der Waals surface area contributed by atoms with Gasteiger partial charge < -0.3 is 5.32 Å². The van der Waals surface area contributed by atoms with Crippen LogP contribution in [0.25, 0.3) is 11.8 Å². The first-order chi connectivity index (χ1) is 10.3. The van der Waals surface area contributed by atoms with Crippen molar-refractivity contribution in [1.82, 2.24) is 5.32 Å². The number of nitrogens with one attached hydrogen (secondary N) is 1. The van der Waals surface area contributed by atoms with Crippen molar-refractivity contribution in [2.45, 2.75) is 19.8 Å². The molecule has 2 heterocycles. The van der Waals surface area contributed by atoms with Gasteiger partial charge in [-0.05, 0) is 41.1 Å². The number of rotatable bonds is 4. The molecule has 0 radical (unpaired) electrons. The highest BCUT2D eigenvalue weighted by atomic mass is 32.1. The summed E-state index contributed by atoms with van der Waals surface area (Å²) in [7, 11) is 0. The van der Waals surface area contributed by atoms with Gasteiger partial charge in [0.15, 0.2) is 0 Å². The Hall–Kier alpha value is -2.13. The molecule has 0 atom stereocenters. The standard InChI is InChI=1S/C18H17NOS/c1-2-4-13-6-8-14(9-7-13)17-12-15(18(20)19-17)11-16-5-3-10-21-16/h3,5-12H,2,4H2,1H3,(H,19,20). The van der Waals surface area contributed by atoms with Crippen LogP contribution in [0.4, 0.5) is 0 Å². The van der Waals surface area contributed by atoms with Gasteiger partial charge in [-0.2, -0.15) is 0 Å². The predicted octanol–water partition coefficient (Wildman–Crippen LogP) is 4.25. The molecule has 0 saturated heterocycles. The van der Waals surface area contributed by atoms with Crippen molar-refractivity contribution in [3.8, 4) is 0 Å². The normalized spacial score (nSPS) is 16.1. The maximum atomic E-state index is 12.0. The van der Waals surface area contributed by atoms with Gasteiger partial charge in [0.25, 0.3) is 5.91 Å². The minimum atomic E-state index is -0.0314. The van der Waals surface area contributed by atoms with Gasteiger partial charge in [-0.3, -0.25) is 4.79 Å². The molecule has 106 valence electrons. The summed E-state index contributed by atoms with van der Waals surface area (Å²) in [5, 5.41) is 4.95. The summed E-state index contributed by atoms with van der Waals surface area (Å²) in [6.07, 6.45) is 6.09. The van der Waals surface area contributed by atoms with E-state index >= 15 is 0 Å². The predicted molar refractivity (Wildman–Crippen MR) is 88.9 cm³/mol. The highest BCUT2D eigenvalue weighted by molar-refractivity contribution is 7.10. The Bertz CT molecular complexity index is 693. The largest absolute Gasteiger partial charge is 0.321 e. The van der Waals surface area contributed by atoms with E-state index in [2.05, 4.69) is 36.5 Å². The zero-order valence-electron chi connectivity index (χ0n) is 11.9. The molecule has 0 spiro atoms. The maximum Gasteiger partial charge on any atom is 0.255 e. The minimum Gasteiger partial charge on any atom is -0.321 e.